The number of rotatable bonds is 1. The number of hydrogen-bond donors (Lipinski definition) is 2. The highest BCUT2D eigenvalue weighted by molar-refractivity contribution is 5.77. The van der Waals surface area contributed by atoms with Gasteiger partial charge >= 0.3 is 0 Å². The molecule has 2 heterocycles. The molecule has 2 N–H and O–H groups in total. The summed E-state index contributed by atoms with van der Waals surface area (Å²) in [7, 11) is 0. The third-order valence-corrected chi connectivity index (χ3v) is 2.23. The Kier molecular flexibility index (Phi) is 1.76. The molecule has 0 unspecified atom stereocenters. The average Bonchev–Trinajstić information content (AvgIpc) is 2.74. The summed E-state index contributed by atoms with van der Waals surface area (Å²) in [6.07, 6.45) is 5.02. The first-order valence-electron chi connectivity index (χ1n) is 4.62. The molecule has 0 amide bonds. The Morgan fingerprint density at radius 2 is 2.07 bits per heavy atom. The molecule has 15 heavy (non-hydrogen) atoms. The van der Waals surface area contributed by atoms with Crippen molar-refractivity contribution in [1.82, 2.24) is 15.5 Å². The zero-order valence-electron chi connectivity index (χ0n) is 7.88. The summed E-state index contributed by atoms with van der Waals surface area (Å²) in [6.45, 7) is 0. The van der Waals surface area contributed by atoms with Crippen molar-refractivity contribution in [3.05, 3.63) is 42.9 Å². The molecule has 1 aliphatic rings. The van der Waals surface area contributed by atoms with Crippen molar-refractivity contribution in [3.63, 3.8) is 0 Å². The van der Waals surface area contributed by atoms with Gasteiger partial charge in [0.25, 0.3) is 0 Å². The van der Waals surface area contributed by atoms with Gasteiger partial charge in [-0.3, -0.25) is 4.98 Å². The van der Waals surface area contributed by atoms with E-state index in [0.29, 0.717) is 0 Å². The minimum atomic E-state index is 0.759. The van der Waals surface area contributed by atoms with E-state index in [1.807, 2.05) is 29.3 Å². The van der Waals surface area contributed by atoms with Crippen LogP contribution in [0.25, 0.3) is 0 Å². The molecular formula is C10H9N5. The topological polar surface area (TPSA) is 53.1 Å². The number of benzene rings is 1. The van der Waals surface area contributed by atoms with Crippen LogP contribution in [0.3, 0.4) is 0 Å². The Balaban J connectivity index is 2.05. The van der Waals surface area contributed by atoms with Crippen molar-refractivity contribution in [3.8, 4) is 0 Å². The lowest BCUT2D eigenvalue weighted by molar-refractivity contribution is 0.841. The zero-order chi connectivity index (χ0) is 10.1. The van der Waals surface area contributed by atoms with Crippen molar-refractivity contribution < 1.29 is 0 Å². The summed E-state index contributed by atoms with van der Waals surface area (Å²) >= 11 is 0. The van der Waals surface area contributed by atoms with Crippen molar-refractivity contribution in [2.75, 3.05) is 10.4 Å². The molecule has 3 rings (SSSR count). The third kappa shape index (κ3) is 1.29. The van der Waals surface area contributed by atoms with Crippen molar-refractivity contribution in [2.24, 2.45) is 0 Å². The summed E-state index contributed by atoms with van der Waals surface area (Å²) in [5, 5.41) is 1.85. The summed E-state index contributed by atoms with van der Waals surface area (Å²) < 4.78 is 0. The van der Waals surface area contributed by atoms with Crippen LogP contribution in [0.1, 0.15) is 0 Å². The van der Waals surface area contributed by atoms with Crippen LogP contribution in [0.4, 0.5) is 17.2 Å². The van der Waals surface area contributed by atoms with E-state index < -0.39 is 0 Å². The highest BCUT2D eigenvalue weighted by atomic mass is 15.7. The molecule has 0 bridgehead atoms. The van der Waals surface area contributed by atoms with Gasteiger partial charge in [0.1, 0.15) is 0 Å². The van der Waals surface area contributed by atoms with Gasteiger partial charge < -0.3 is 5.43 Å². The van der Waals surface area contributed by atoms with Gasteiger partial charge in [-0.25, -0.2) is 9.99 Å². The van der Waals surface area contributed by atoms with E-state index in [9.17, 15) is 0 Å². The Morgan fingerprint density at radius 3 is 2.93 bits per heavy atom. The van der Waals surface area contributed by atoms with Crippen molar-refractivity contribution in [1.29, 1.82) is 0 Å². The third-order valence-electron chi connectivity index (χ3n) is 2.23. The molecule has 5 nitrogen and oxygen atoms in total. The van der Waals surface area contributed by atoms with Crippen LogP contribution in [0.2, 0.25) is 0 Å². The van der Waals surface area contributed by atoms with Crippen LogP contribution in [0.15, 0.2) is 42.9 Å². The van der Waals surface area contributed by atoms with Crippen LogP contribution in [0, 0.1) is 0 Å². The van der Waals surface area contributed by atoms with Crippen LogP contribution in [0.5, 0.6) is 0 Å². The standard InChI is InChI=1S/C10H9N5/c1-2-4-9-8(3-1)13-14-15(9)10-7-11-5-6-12-10/h1-7,13-14H. The fourth-order valence-corrected chi connectivity index (χ4v) is 1.54. The van der Waals surface area contributed by atoms with Gasteiger partial charge in [0.15, 0.2) is 5.82 Å². The molecule has 0 radical (unpaired) electrons. The first-order valence-corrected chi connectivity index (χ1v) is 4.62. The van der Waals surface area contributed by atoms with Crippen molar-refractivity contribution in [2.45, 2.75) is 0 Å². The van der Waals surface area contributed by atoms with Crippen LogP contribution in [-0.4, -0.2) is 9.97 Å². The fourth-order valence-electron chi connectivity index (χ4n) is 1.54. The minimum absolute atomic E-state index is 0.759. The van der Waals surface area contributed by atoms with E-state index in [2.05, 4.69) is 20.9 Å². The second kappa shape index (κ2) is 3.21. The molecule has 0 fully saturated rings. The second-order valence-corrected chi connectivity index (χ2v) is 3.15. The van der Waals surface area contributed by atoms with E-state index in [1.165, 1.54) is 0 Å². The Labute approximate surface area is 86.7 Å². The number of hydrazine groups is 2. The van der Waals surface area contributed by atoms with Crippen molar-refractivity contribution >= 4 is 17.2 Å². The number of nitrogens with one attached hydrogen (secondary N) is 2. The maximum absolute atomic E-state index is 4.22. The van der Waals surface area contributed by atoms with E-state index in [0.717, 1.165) is 17.2 Å². The number of nitrogens with zero attached hydrogens (tertiary/aromatic N) is 3. The fraction of sp³-hybridized carbons (Fsp3) is 0. The molecule has 0 spiro atoms. The molecule has 1 aromatic carbocycles. The molecule has 0 saturated carbocycles. The largest absolute Gasteiger partial charge is 0.301 e. The van der Waals surface area contributed by atoms with Gasteiger partial charge in [-0.15, -0.1) is 5.53 Å². The van der Waals surface area contributed by atoms with Gasteiger partial charge in [-0.05, 0) is 12.1 Å². The quantitative estimate of drug-likeness (QED) is 0.728. The molecule has 2 aromatic rings. The van der Waals surface area contributed by atoms with Gasteiger partial charge in [-0.2, -0.15) is 0 Å². The Hall–Kier alpha value is -2.14. The summed E-state index contributed by atoms with van der Waals surface area (Å²) in [6, 6.07) is 7.97. The monoisotopic (exact) mass is 199 g/mol. The number of anilines is 3. The summed E-state index contributed by atoms with van der Waals surface area (Å²) in [4.78, 5) is 8.25. The molecular weight excluding hydrogens is 190 g/mol. The Morgan fingerprint density at radius 1 is 1.13 bits per heavy atom. The van der Waals surface area contributed by atoms with E-state index >= 15 is 0 Å². The van der Waals surface area contributed by atoms with E-state index in [4.69, 9.17) is 0 Å². The maximum Gasteiger partial charge on any atom is 0.167 e. The highest BCUT2D eigenvalue weighted by Crippen LogP contribution is 2.32. The maximum atomic E-state index is 4.22. The number of hydrogen-bond acceptors (Lipinski definition) is 5. The van der Waals surface area contributed by atoms with E-state index in [-0.39, 0.29) is 0 Å². The number of fused-ring (bicyclic) bond motifs is 1. The first kappa shape index (κ1) is 8.19. The normalized spacial score (nSPS) is 13.5. The molecule has 1 aliphatic heterocycles. The minimum Gasteiger partial charge on any atom is -0.301 e. The van der Waals surface area contributed by atoms with Gasteiger partial charge in [0.2, 0.25) is 0 Å². The van der Waals surface area contributed by atoms with Gasteiger partial charge in [0, 0.05) is 12.4 Å². The van der Waals surface area contributed by atoms with Crippen LogP contribution in [-0.2, 0) is 0 Å². The highest BCUT2D eigenvalue weighted by Gasteiger charge is 2.19. The van der Waals surface area contributed by atoms with Crippen LogP contribution >= 0.6 is 0 Å². The molecule has 0 atom stereocenters. The summed E-state index contributed by atoms with van der Waals surface area (Å²) in [5.41, 5.74) is 8.15. The van der Waals surface area contributed by atoms with E-state index in [1.54, 1.807) is 18.6 Å². The lowest BCUT2D eigenvalue weighted by Gasteiger charge is -2.15. The van der Waals surface area contributed by atoms with Gasteiger partial charge in [0.05, 0.1) is 17.6 Å². The second-order valence-electron chi connectivity index (χ2n) is 3.15. The average molecular weight is 199 g/mol. The first-order chi connectivity index (χ1) is 7.45. The molecule has 0 aliphatic carbocycles. The predicted molar refractivity (Wildman–Crippen MR) is 57.4 cm³/mol. The van der Waals surface area contributed by atoms with Gasteiger partial charge in [-0.1, -0.05) is 12.1 Å². The molecule has 0 saturated heterocycles. The number of aromatic nitrogens is 2. The SMILES string of the molecule is c1ccc2c(c1)NNN2c1cnccn1. The molecule has 1 aromatic heterocycles. The smallest absolute Gasteiger partial charge is 0.167 e. The molecule has 5 heteroatoms. The summed E-state index contributed by atoms with van der Waals surface area (Å²) in [5.74, 6) is 0.759. The van der Waals surface area contributed by atoms with Crippen LogP contribution < -0.4 is 16.0 Å². The Bertz CT molecular complexity index is 470. The molecule has 74 valence electrons. The lowest BCUT2D eigenvalue weighted by Crippen LogP contribution is -2.32. The predicted octanol–water partition coefficient (Wildman–Crippen LogP) is 1.46. The lowest BCUT2D eigenvalue weighted by atomic mass is 10.3. The number of para-hydroxylation sites is 2. The zero-order valence-corrected chi connectivity index (χ0v) is 7.88.